The van der Waals surface area contributed by atoms with Crippen molar-refractivity contribution < 1.29 is 14.1 Å². The number of carbonyl (C=O) groups is 2. The number of carbonyl (C=O) groups excluding carboxylic acids is 2. The molecular weight excluding hydrogens is 362 g/mol. The molecule has 6 nitrogen and oxygen atoms in total. The van der Waals surface area contributed by atoms with Gasteiger partial charge in [-0.2, -0.15) is 0 Å². The van der Waals surface area contributed by atoms with Crippen molar-refractivity contribution in [3.05, 3.63) is 60.3 Å². The zero-order valence-electron chi connectivity index (χ0n) is 14.6. The van der Waals surface area contributed by atoms with E-state index < -0.39 is 0 Å². The number of amides is 2. The van der Waals surface area contributed by atoms with Crippen LogP contribution in [0.3, 0.4) is 0 Å². The van der Waals surface area contributed by atoms with Crippen LogP contribution in [-0.4, -0.2) is 29.3 Å². The largest absolute Gasteiger partial charge is 0.354 e. The molecule has 0 bridgehead atoms. The van der Waals surface area contributed by atoms with Gasteiger partial charge in [-0.05, 0) is 19.1 Å². The zero-order valence-corrected chi connectivity index (χ0v) is 15.5. The van der Waals surface area contributed by atoms with E-state index in [0.29, 0.717) is 22.9 Å². The van der Waals surface area contributed by atoms with Crippen molar-refractivity contribution in [2.45, 2.75) is 11.8 Å². The highest BCUT2D eigenvalue weighted by Gasteiger charge is 2.27. The Bertz CT molecular complexity index is 1000. The maximum Gasteiger partial charge on any atom is 0.244 e. The minimum absolute atomic E-state index is 0.0603. The van der Waals surface area contributed by atoms with Gasteiger partial charge in [0.1, 0.15) is 17.9 Å². The van der Waals surface area contributed by atoms with Crippen LogP contribution in [-0.2, 0) is 9.59 Å². The van der Waals surface area contributed by atoms with Crippen LogP contribution < -0.4 is 10.2 Å². The molecule has 0 fully saturated rings. The first-order chi connectivity index (χ1) is 13.1. The van der Waals surface area contributed by atoms with E-state index in [1.807, 2.05) is 54.6 Å². The molecule has 1 aromatic heterocycles. The first-order valence-electron chi connectivity index (χ1n) is 8.47. The molecule has 3 aromatic rings. The molecule has 1 N–H and O–H groups in total. The Morgan fingerprint density at radius 2 is 1.93 bits per heavy atom. The van der Waals surface area contributed by atoms with E-state index in [1.165, 1.54) is 16.7 Å². The number of aryl methyl sites for hydroxylation is 1. The lowest BCUT2D eigenvalue weighted by atomic mass is 10.1. The Kier molecular flexibility index (Phi) is 4.68. The summed E-state index contributed by atoms with van der Waals surface area (Å²) in [6.07, 6.45) is 0. The lowest BCUT2D eigenvalue weighted by molar-refractivity contribution is -0.120. The van der Waals surface area contributed by atoms with Crippen LogP contribution in [0.2, 0.25) is 0 Å². The topological polar surface area (TPSA) is 75.4 Å². The number of thioether (sulfide) groups is 1. The van der Waals surface area contributed by atoms with E-state index in [4.69, 9.17) is 4.52 Å². The molecule has 0 atom stereocenters. The number of hydrogen-bond donors (Lipinski definition) is 1. The van der Waals surface area contributed by atoms with E-state index in [0.717, 1.165) is 16.1 Å². The molecule has 1 aliphatic heterocycles. The van der Waals surface area contributed by atoms with Crippen LogP contribution in [0, 0.1) is 6.92 Å². The van der Waals surface area contributed by atoms with E-state index in [9.17, 15) is 9.59 Å². The fourth-order valence-electron chi connectivity index (χ4n) is 2.95. The van der Waals surface area contributed by atoms with Gasteiger partial charge in [0.25, 0.3) is 0 Å². The quantitative estimate of drug-likeness (QED) is 0.748. The molecule has 0 radical (unpaired) electrons. The van der Waals surface area contributed by atoms with Gasteiger partial charge in [-0.1, -0.05) is 47.6 Å². The Balaban J connectivity index is 1.56. The van der Waals surface area contributed by atoms with Gasteiger partial charge in [0.05, 0.1) is 11.4 Å². The highest BCUT2D eigenvalue weighted by molar-refractivity contribution is 8.00. The summed E-state index contributed by atoms with van der Waals surface area (Å²) in [6, 6.07) is 17.0. The third-order valence-corrected chi connectivity index (χ3v) is 5.32. The molecule has 0 saturated carbocycles. The van der Waals surface area contributed by atoms with Crippen molar-refractivity contribution in [1.82, 2.24) is 5.16 Å². The second kappa shape index (κ2) is 7.28. The predicted octanol–water partition coefficient (Wildman–Crippen LogP) is 3.73. The maximum atomic E-state index is 12.7. The summed E-state index contributed by atoms with van der Waals surface area (Å²) >= 11 is 1.49. The highest BCUT2D eigenvalue weighted by atomic mass is 32.2. The molecule has 0 aliphatic carbocycles. The number of anilines is 2. The minimum atomic E-state index is -0.298. The second-order valence-electron chi connectivity index (χ2n) is 6.12. The van der Waals surface area contributed by atoms with E-state index in [1.54, 1.807) is 6.92 Å². The van der Waals surface area contributed by atoms with Gasteiger partial charge < -0.3 is 14.7 Å². The summed E-state index contributed by atoms with van der Waals surface area (Å²) in [5.41, 5.74) is 2.70. The zero-order chi connectivity index (χ0) is 18.8. The van der Waals surface area contributed by atoms with Crippen molar-refractivity contribution in [3.63, 3.8) is 0 Å². The van der Waals surface area contributed by atoms with Crippen molar-refractivity contribution in [3.8, 4) is 11.3 Å². The molecular formula is C20H17N3O3S. The lowest BCUT2D eigenvalue weighted by Crippen LogP contribution is -2.41. The first-order valence-corrected chi connectivity index (χ1v) is 9.46. The standard InChI is InChI=1S/C20H17N3O3S/c1-13-19(20(26-22-13)14-7-3-2-4-8-14)21-17(24)11-23-15-9-5-6-10-16(15)27-12-18(23)25/h2-10H,11-12H2,1H3,(H,21,24). The summed E-state index contributed by atoms with van der Waals surface area (Å²) < 4.78 is 5.40. The highest BCUT2D eigenvalue weighted by Crippen LogP contribution is 2.35. The molecule has 136 valence electrons. The normalized spacial score (nSPS) is 13.4. The third kappa shape index (κ3) is 3.46. The summed E-state index contributed by atoms with van der Waals surface area (Å²) in [5, 5.41) is 6.83. The van der Waals surface area contributed by atoms with Gasteiger partial charge in [0.15, 0.2) is 5.76 Å². The Morgan fingerprint density at radius 1 is 1.19 bits per heavy atom. The molecule has 4 rings (SSSR count). The van der Waals surface area contributed by atoms with E-state index >= 15 is 0 Å². The van der Waals surface area contributed by atoms with Crippen LogP contribution in [0.1, 0.15) is 5.69 Å². The van der Waals surface area contributed by atoms with Gasteiger partial charge in [0, 0.05) is 10.5 Å². The predicted molar refractivity (Wildman–Crippen MR) is 105 cm³/mol. The lowest BCUT2D eigenvalue weighted by Gasteiger charge is -2.28. The fourth-order valence-corrected chi connectivity index (χ4v) is 3.89. The van der Waals surface area contributed by atoms with Crippen molar-refractivity contribution in [2.24, 2.45) is 0 Å². The maximum absolute atomic E-state index is 12.7. The number of aromatic nitrogens is 1. The summed E-state index contributed by atoms with van der Waals surface area (Å²) in [4.78, 5) is 27.5. The molecule has 27 heavy (non-hydrogen) atoms. The van der Waals surface area contributed by atoms with Gasteiger partial charge in [-0.25, -0.2) is 0 Å². The number of rotatable bonds is 4. The number of benzene rings is 2. The van der Waals surface area contributed by atoms with Crippen molar-refractivity contribution >= 4 is 35.0 Å². The molecule has 7 heteroatoms. The third-order valence-electron chi connectivity index (χ3n) is 4.27. The molecule has 2 amide bonds. The molecule has 0 spiro atoms. The molecule has 0 unspecified atom stereocenters. The Labute approximate surface area is 160 Å². The van der Waals surface area contributed by atoms with Crippen LogP contribution >= 0.6 is 11.8 Å². The minimum Gasteiger partial charge on any atom is -0.354 e. The SMILES string of the molecule is Cc1noc(-c2ccccc2)c1NC(=O)CN1C(=O)CSc2ccccc21. The average molecular weight is 379 g/mol. The Hall–Kier alpha value is -3.06. The monoisotopic (exact) mass is 379 g/mol. The average Bonchev–Trinajstić information content (AvgIpc) is 3.05. The van der Waals surface area contributed by atoms with Crippen LogP contribution in [0.15, 0.2) is 64.0 Å². The Morgan fingerprint density at radius 3 is 2.74 bits per heavy atom. The van der Waals surface area contributed by atoms with Gasteiger partial charge in [-0.3, -0.25) is 9.59 Å². The molecule has 2 aromatic carbocycles. The number of para-hydroxylation sites is 1. The van der Waals surface area contributed by atoms with E-state index in [2.05, 4.69) is 10.5 Å². The number of nitrogens with one attached hydrogen (secondary N) is 1. The number of fused-ring (bicyclic) bond motifs is 1. The van der Waals surface area contributed by atoms with Gasteiger partial charge >= 0.3 is 0 Å². The summed E-state index contributed by atoms with van der Waals surface area (Å²) in [7, 11) is 0. The molecule has 2 heterocycles. The van der Waals surface area contributed by atoms with Crippen LogP contribution in [0.4, 0.5) is 11.4 Å². The number of hydrogen-bond acceptors (Lipinski definition) is 5. The fraction of sp³-hybridized carbons (Fsp3) is 0.150. The smallest absolute Gasteiger partial charge is 0.244 e. The summed E-state index contributed by atoms with van der Waals surface area (Å²) in [6.45, 7) is 1.71. The first kappa shape index (κ1) is 17.4. The summed E-state index contributed by atoms with van der Waals surface area (Å²) in [5.74, 6) is 0.446. The van der Waals surface area contributed by atoms with Gasteiger partial charge in [0.2, 0.25) is 11.8 Å². The van der Waals surface area contributed by atoms with Gasteiger partial charge in [-0.15, -0.1) is 11.8 Å². The molecule has 1 aliphatic rings. The molecule has 0 saturated heterocycles. The van der Waals surface area contributed by atoms with Crippen LogP contribution in [0.5, 0.6) is 0 Å². The van der Waals surface area contributed by atoms with Crippen molar-refractivity contribution in [2.75, 3.05) is 22.5 Å². The van der Waals surface area contributed by atoms with E-state index in [-0.39, 0.29) is 18.4 Å². The number of nitrogens with zero attached hydrogens (tertiary/aromatic N) is 2. The van der Waals surface area contributed by atoms with Crippen LogP contribution in [0.25, 0.3) is 11.3 Å². The second-order valence-corrected chi connectivity index (χ2v) is 7.14. The van der Waals surface area contributed by atoms with Crippen molar-refractivity contribution in [1.29, 1.82) is 0 Å².